The second-order valence-electron chi connectivity index (χ2n) is 7.19. The predicted molar refractivity (Wildman–Crippen MR) is 134 cm³/mol. The van der Waals surface area contributed by atoms with Crippen LogP contribution in [0.15, 0.2) is 57.1 Å². The van der Waals surface area contributed by atoms with Crippen LogP contribution in [0.25, 0.3) is 21.3 Å². The lowest BCUT2D eigenvalue weighted by molar-refractivity contribution is -0.113. The molecule has 0 spiro atoms. The van der Waals surface area contributed by atoms with Gasteiger partial charge in [0.1, 0.15) is 10.7 Å². The van der Waals surface area contributed by atoms with E-state index >= 15 is 0 Å². The molecule has 2 aromatic carbocycles. The molecule has 0 aliphatic carbocycles. The predicted octanol–water partition coefficient (Wildman–Crippen LogP) is 5.90. The fourth-order valence-corrected chi connectivity index (χ4v) is 5.08. The summed E-state index contributed by atoms with van der Waals surface area (Å²) < 4.78 is 0.990. The average molecular weight is 514 g/mol. The minimum Gasteiger partial charge on any atom is -0.325 e. The summed E-state index contributed by atoms with van der Waals surface area (Å²) in [5.74, 6) is 1.23. The zero-order chi connectivity index (χ0) is 22.0. The van der Waals surface area contributed by atoms with Crippen molar-refractivity contribution in [1.82, 2.24) is 9.97 Å². The maximum absolute atomic E-state index is 12.7. The molecule has 0 atom stereocenters. The minimum absolute atomic E-state index is 0.0784. The van der Waals surface area contributed by atoms with Gasteiger partial charge in [0.15, 0.2) is 0 Å². The van der Waals surface area contributed by atoms with Gasteiger partial charge in [-0.15, -0.1) is 23.1 Å². The molecule has 1 amide bonds. The van der Waals surface area contributed by atoms with E-state index in [4.69, 9.17) is 0 Å². The number of H-pyrrole nitrogens is 1. The third-order valence-electron chi connectivity index (χ3n) is 4.91. The van der Waals surface area contributed by atoms with Gasteiger partial charge in [0.2, 0.25) is 5.91 Å². The number of thioether (sulfide) groups is 1. The Balaban J connectivity index is 1.42. The van der Waals surface area contributed by atoms with E-state index in [9.17, 15) is 9.59 Å². The van der Waals surface area contributed by atoms with E-state index < -0.39 is 0 Å². The Labute approximate surface area is 196 Å². The zero-order valence-electron chi connectivity index (χ0n) is 17.0. The van der Waals surface area contributed by atoms with Gasteiger partial charge in [-0.25, -0.2) is 4.98 Å². The van der Waals surface area contributed by atoms with E-state index in [1.165, 1.54) is 28.7 Å². The Morgan fingerprint density at radius 1 is 1.16 bits per heavy atom. The molecule has 0 fully saturated rings. The van der Waals surface area contributed by atoms with Crippen LogP contribution in [-0.2, 0) is 10.5 Å². The van der Waals surface area contributed by atoms with Crippen molar-refractivity contribution in [2.75, 3.05) is 11.1 Å². The number of aryl methyl sites for hydroxylation is 2. The van der Waals surface area contributed by atoms with E-state index in [1.54, 1.807) is 0 Å². The molecule has 0 saturated heterocycles. The number of carbonyl (C=O) groups excluding carboxylic acids is 1. The van der Waals surface area contributed by atoms with Crippen molar-refractivity contribution in [3.05, 3.63) is 79.6 Å². The fourth-order valence-electron chi connectivity index (χ4n) is 3.16. The highest BCUT2D eigenvalue weighted by molar-refractivity contribution is 9.10. The number of nitrogens with zero attached hydrogens (tertiary/aromatic N) is 1. The maximum atomic E-state index is 12.7. The third-order valence-corrected chi connectivity index (χ3v) is 7.26. The zero-order valence-corrected chi connectivity index (χ0v) is 20.2. The molecule has 5 nitrogen and oxygen atoms in total. The van der Waals surface area contributed by atoms with Crippen molar-refractivity contribution < 1.29 is 4.79 Å². The summed E-state index contributed by atoms with van der Waals surface area (Å²) in [4.78, 5) is 33.2. The summed E-state index contributed by atoms with van der Waals surface area (Å²) in [6.07, 6.45) is 0. The third kappa shape index (κ3) is 5.08. The Morgan fingerprint density at radius 3 is 2.68 bits per heavy atom. The van der Waals surface area contributed by atoms with Gasteiger partial charge in [-0.05, 0) is 54.8 Å². The van der Waals surface area contributed by atoms with Crippen molar-refractivity contribution in [2.24, 2.45) is 0 Å². The number of benzene rings is 2. The number of thiophene rings is 1. The van der Waals surface area contributed by atoms with Crippen LogP contribution in [0, 0.1) is 13.8 Å². The Bertz CT molecular complexity index is 1310. The topological polar surface area (TPSA) is 74.8 Å². The molecule has 8 heteroatoms. The number of nitrogens with one attached hydrogen (secondary N) is 2. The Hall–Kier alpha value is -2.42. The van der Waals surface area contributed by atoms with Gasteiger partial charge in [-0.3, -0.25) is 9.59 Å². The number of hydrogen-bond acceptors (Lipinski definition) is 5. The first-order valence-electron chi connectivity index (χ1n) is 9.62. The molecule has 2 aromatic heterocycles. The standard InChI is InChI=1S/C23H20BrN3O2S2/c1-13-3-8-17(9-14(13)2)25-20(28)12-30-11-19-26-22(29)21-18(10-31-23(21)27-19)15-4-6-16(24)7-5-15/h3-10H,11-12H2,1-2H3,(H,25,28)(H,26,27,29). The molecule has 2 heterocycles. The lowest BCUT2D eigenvalue weighted by Gasteiger charge is -2.07. The van der Waals surface area contributed by atoms with Gasteiger partial charge in [0, 0.05) is 21.1 Å². The van der Waals surface area contributed by atoms with Crippen molar-refractivity contribution in [2.45, 2.75) is 19.6 Å². The van der Waals surface area contributed by atoms with Crippen LogP contribution >= 0.6 is 39.0 Å². The number of rotatable bonds is 6. The van der Waals surface area contributed by atoms with Crippen LogP contribution in [0.3, 0.4) is 0 Å². The first kappa shape index (κ1) is 21.8. The number of aromatic nitrogens is 2. The smallest absolute Gasteiger partial charge is 0.260 e. The van der Waals surface area contributed by atoms with Gasteiger partial charge < -0.3 is 10.3 Å². The van der Waals surface area contributed by atoms with Crippen LogP contribution in [0.2, 0.25) is 0 Å². The molecule has 158 valence electrons. The van der Waals surface area contributed by atoms with Gasteiger partial charge in [0.25, 0.3) is 5.56 Å². The molecule has 0 bridgehead atoms. The molecule has 0 unspecified atom stereocenters. The molecular formula is C23H20BrN3O2S2. The van der Waals surface area contributed by atoms with Crippen molar-refractivity contribution >= 4 is 60.8 Å². The highest BCUT2D eigenvalue weighted by Gasteiger charge is 2.13. The number of carbonyl (C=O) groups is 1. The first-order chi connectivity index (χ1) is 14.9. The van der Waals surface area contributed by atoms with E-state index in [1.807, 2.05) is 61.7 Å². The van der Waals surface area contributed by atoms with Gasteiger partial charge in [0.05, 0.1) is 16.9 Å². The normalized spacial score (nSPS) is 11.1. The van der Waals surface area contributed by atoms with Crippen LogP contribution in [0.4, 0.5) is 5.69 Å². The highest BCUT2D eigenvalue weighted by atomic mass is 79.9. The maximum Gasteiger partial charge on any atom is 0.260 e. The summed E-state index contributed by atoms with van der Waals surface area (Å²) in [6.45, 7) is 4.06. The average Bonchev–Trinajstić information content (AvgIpc) is 3.16. The van der Waals surface area contributed by atoms with Crippen LogP contribution in [0.5, 0.6) is 0 Å². The van der Waals surface area contributed by atoms with E-state index in [-0.39, 0.29) is 17.2 Å². The van der Waals surface area contributed by atoms with Crippen LogP contribution < -0.4 is 10.9 Å². The lowest BCUT2D eigenvalue weighted by atomic mass is 10.1. The van der Waals surface area contributed by atoms with Gasteiger partial charge in [-0.1, -0.05) is 34.1 Å². The molecule has 0 aliphatic heterocycles. The number of hydrogen-bond donors (Lipinski definition) is 2. The van der Waals surface area contributed by atoms with Crippen LogP contribution in [-0.4, -0.2) is 21.6 Å². The summed E-state index contributed by atoms with van der Waals surface area (Å²) in [5, 5.41) is 5.48. The van der Waals surface area contributed by atoms with E-state index in [2.05, 4.69) is 31.2 Å². The second kappa shape index (κ2) is 9.38. The molecule has 0 saturated carbocycles. The highest BCUT2D eigenvalue weighted by Crippen LogP contribution is 2.31. The van der Waals surface area contributed by atoms with Crippen molar-refractivity contribution in [1.29, 1.82) is 0 Å². The van der Waals surface area contributed by atoms with Crippen molar-refractivity contribution in [3.63, 3.8) is 0 Å². The molecule has 0 aliphatic rings. The van der Waals surface area contributed by atoms with E-state index in [0.29, 0.717) is 21.8 Å². The SMILES string of the molecule is Cc1ccc(NC(=O)CSCc2nc3scc(-c4ccc(Br)cc4)c3c(=O)[nH]2)cc1C. The molecule has 4 aromatic rings. The molecule has 0 radical (unpaired) electrons. The van der Waals surface area contributed by atoms with E-state index in [0.717, 1.165) is 26.9 Å². The van der Waals surface area contributed by atoms with Gasteiger partial charge in [-0.2, -0.15) is 0 Å². The lowest BCUT2D eigenvalue weighted by Crippen LogP contribution is -2.15. The fraction of sp³-hybridized carbons (Fsp3) is 0.174. The number of amides is 1. The number of aromatic amines is 1. The largest absolute Gasteiger partial charge is 0.325 e. The molecule has 31 heavy (non-hydrogen) atoms. The summed E-state index contributed by atoms with van der Waals surface area (Å²) in [6, 6.07) is 13.7. The molecular weight excluding hydrogens is 494 g/mol. The molecule has 2 N–H and O–H groups in total. The summed E-state index contributed by atoms with van der Waals surface area (Å²) >= 11 is 6.30. The number of halogens is 1. The minimum atomic E-state index is -0.153. The van der Waals surface area contributed by atoms with Gasteiger partial charge >= 0.3 is 0 Å². The number of anilines is 1. The monoisotopic (exact) mass is 513 g/mol. The number of fused-ring (bicyclic) bond motifs is 1. The quantitative estimate of drug-likeness (QED) is 0.336. The first-order valence-corrected chi connectivity index (χ1v) is 12.4. The van der Waals surface area contributed by atoms with Crippen molar-refractivity contribution in [3.8, 4) is 11.1 Å². The summed E-state index contributed by atoms with van der Waals surface area (Å²) in [7, 11) is 0. The summed E-state index contributed by atoms with van der Waals surface area (Å²) in [5.41, 5.74) is 4.83. The Kier molecular flexibility index (Phi) is 6.60. The Morgan fingerprint density at radius 2 is 1.94 bits per heavy atom. The molecule has 4 rings (SSSR count). The van der Waals surface area contributed by atoms with Crippen LogP contribution in [0.1, 0.15) is 17.0 Å². The second-order valence-corrected chi connectivity index (χ2v) is 9.95.